The van der Waals surface area contributed by atoms with Crippen LogP contribution >= 0.6 is 28.1 Å². The summed E-state index contributed by atoms with van der Waals surface area (Å²) in [6, 6.07) is 17.0. The summed E-state index contributed by atoms with van der Waals surface area (Å²) in [5.41, 5.74) is 3.69. The van der Waals surface area contributed by atoms with E-state index in [4.69, 9.17) is 12.2 Å². The Morgan fingerprint density at radius 3 is 2.25 bits per heavy atom. The van der Waals surface area contributed by atoms with Crippen LogP contribution in [0.5, 0.6) is 0 Å². The number of thiocarbonyl (C=S) groups is 1. The summed E-state index contributed by atoms with van der Waals surface area (Å²) < 4.78 is 1.09. The van der Waals surface area contributed by atoms with Crippen molar-refractivity contribution in [3.05, 3.63) is 75.8 Å². The summed E-state index contributed by atoms with van der Waals surface area (Å²) in [6.07, 6.45) is 11.9. The fourth-order valence-corrected chi connectivity index (χ4v) is 3.08. The van der Waals surface area contributed by atoms with Crippen LogP contribution in [0.3, 0.4) is 0 Å². The average molecular weight is 401 g/mol. The first-order valence-corrected chi connectivity index (χ1v) is 9.96. The van der Waals surface area contributed by atoms with Crippen LogP contribution in [0.15, 0.2) is 59.1 Å². The molecule has 0 spiro atoms. The van der Waals surface area contributed by atoms with Gasteiger partial charge in [-0.1, -0.05) is 103 Å². The highest BCUT2D eigenvalue weighted by Crippen LogP contribution is 2.14. The molecule has 0 atom stereocenters. The summed E-state index contributed by atoms with van der Waals surface area (Å²) in [4.78, 5) is 0.882. The van der Waals surface area contributed by atoms with Crippen LogP contribution in [-0.4, -0.2) is 4.86 Å². The maximum absolute atomic E-state index is 5.53. The van der Waals surface area contributed by atoms with Gasteiger partial charge in [0.1, 0.15) is 0 Å². The van der Waals surface area contributed by atoms with E-state index in [-0.39, 0.29) is 0 Å². The first-order valence-electron chi connectivity index (χ1n) is 8.76. The Kier molecular flexibility index (Phi) is 8.41. The Labute approximate surface area is 160 Å². The monoisotopic (exact) mass is 400 g/mol. The highest BCUT2D eigenvalue weighted by molar-refractivity contribution is 9.10. The van der Waals surface area contributed by atoms with Crippen molar-refractivity contribution in [2.24, 2.45) is 0 Å². The van der Waals surface area contributed by atoms with Crippen molar-refractivity contribution in [2.75, 3.05) is 0 Å². The third-order valence-electron chi connectivity index (χ3n) is 4.10. The Balaban J connectivity index is 1.85. The van der Waals surface area contributed by atoms with Gasteiger partial charge in [0.2, 0.25) is 0 Å². The minimum atomic E-state index is 0.882. The molecule has 0 N–H and O–H groups in total. The second-order valence-corrected chi connectivity index (χ2v) is 7.47. The van der Waals surface area contributed by atoms with Gasteiger partial charge in [-0.25, -0.2) is 0 Å². The van der Waals surface area contributed by atoms with Gasteiger partial charge in [-0.15, -0.1) is 0 Å². The number of aryl methyl sites for hydroxylation is 1. The van der Waals surface area contributed by atoms with Crippen LogP contribution in [0.4, 0.5) is 0 Å². The molecular weight excluding hydrogens is 376 g/mol. The summed E-state index contributed by atoms with van der Waals surface area (Å²) in [7, 11) is 0. The number of benzene rings is 2. The van der Waals surface area contributed by atoms with Gasteiger partial charge in [0.05, 0.1) is 0 Å². The molecule has 126 valence electrons. The maximum Gasteiger partial charge on any atom is 0.0449 e. The maximum atomic E-state index is 5.53. The smallest absolute Gasteiger partial charge is 0.0449 e. The van der Waals surface area contributed by atoms with Crippen molar-refractivity contribution in [1.82, 2.24) is 0 Å². The van der Waals surface area contributed by atoms with Crippen molar-refractivity contribution in [1.29, 1.82) is 0 Å². The molecule has 2 rings (SSSR count). The fraction of sp³-hybridized carbons (Fsp3) is 0.318. The standard InChI is InChI=1S/C22H25BrS/c1-2-3-4-5-6-7-18-8-13-20(14-9-18)22(24)17-12-19-10-15-21(23)16-11-19/h8-17H,2-7H2,1H3. The Morgan fingerprint density at radius 1 is 0.917 bits per heavy atom. The molecule has 0 amide bonds. The van der Waals surface area contributed by atoms with Crippen LogP contribution in [-0.2, 0) is 6.42 Å². The quantitative estimate of drug-likeness (QED) is 0.183. The highest BCUT2D eigenvalue weighted by atomic mass is 79.9. The van der Waals surface area contributed by atoms with E-state index in [1.807, 2.05) is 18.2 Å². The fourth-order valence-electron chi connectivity index (χ4n) is 2.61. The zero-order chi connectivity index (χ0) is 17.2. The van der Waals surface area contributed by atoms with Gasteiger partial charge < -0.3 is 0 Å². The summed E-state index contributed by atoms with van der Waals surface area (Å²) in [5, 5.41) is 0. The van der Waals surface area contributed by atoms with E-state index in [0.717, 1.165) is 20.5 Å². The lowest BCUT2D eigenvalue weighted by molar-refractivity contribution is 0.632. The van der Waals surface area contributed by atoms with Gasteiger partial charge in [0.25, 0.3) is 0 Å². The van der Waals surface area contributed by atoms with Crippen molar-refractivity contribution in [3.63, 3.8) is 0 Å². The molecule has 0 bridgehead atoms. The highest BCUT2D eigenvalue weighted by Gasteiger charge is 1.99. The van der Waals surface area contributed by atoms with Crippen LogP contribution in [0.1, 0.15) is 55.7 Å². The van der Waals surface area contributed by atoms with E-state index >= 15 is 0 Å². The SMILES string of the molecule is CCCCCCCc1ccc(C(=S)C=Cc2ccc(Br)cc2)cc1. The number of hydrogen-bond acceptors (Lipinski definition) is 1. The first-order chi connectivity index (χ1) is 11.7. The summed E-state index contributed by atoms with van der Waals surface area (Å²) in [5.74, 6) is 0. The van der Waals surface area contributed by atoms with Gasteiger partial charge in [-0.05, 0) is 47.7 Å². The molecule has 0 aromatic heterocycles. The van der Waals surface area contributed by atoms with Crippen LogP contribution in [0.2, 0.25) is 0 Å². The van der Waals surface area contributed by atoms with Crippen molar-refractivity contribution >= 4 is 39.1 Å². The number of rotatable bonds is 9. The number of halogens is 1. The molecule has 0 radical (unpaired) electrons. The predicted molar refractivity (Wildman–Crippen MR) is 114 cm³/mol. The van der Waals surface area contributed by atoms with Crippen LogP contribution in [0, 0.1) is 0 Å². The van der Waals surface area contributed by atoms with E-state index in [1.165, 1.54) is 44.1 Å². The van der Waals surface area contributed by atoms with Crippen LogP contribution < -0.4 is 0 Å². The van der Waals surface area contributed by atoms with Crippen molar-refractivity contribution in [2.45, 2.75) is 45.4 Å². The second kappa shape index (κ2) is 10.6. The molecule has 0 saturated heterocycles. The summed E-state index contributed by atoms with van der Waals surface area (Å²) in [6.45, 7) is 2.26. The minimum Gasteiger partial charge on any atom is -0.0795 e. The van der Waals surface area contributed by atoms with E-state index < -0.39 is 0 Å². The van der Waals surface area contributed by atoms with E-state index in [1.54, 1.807) is 0 Å². The minimum absolute atomic E-state index is 0.882. The third-order valence-corrected chi connectivity index (χ3v) is 5.01. The molecule has 0 aliphatic rings. The molecule has 0 unspecified atom stereocenters. The Hall–Kier alpha value is -1.25. The number of allylic oxidation sites excluding steroid dienone is 1. The summed E-state index contributed by atoms with van der Waals surface area (Å²) >= 11 is 8.98. The topological polar surface area (TPSA) is 0 Å². The van der Waals surface area contributed by atoms with Gasteiger partial charge in [-0.3, -0.25) is 0 Å². The van der Waals surface area contributed by atoms with Gasteiger partial charge in [0, 0.05) is 9.34 Å². The molecule has 2 aromatic rings. The van der Waals surface area contributed by atoms with Gasteiger partial charge in [0.15, 0.2) is 0 Å². The molecule has 2 heteroatoms. The molecule has 0 heterocycles. The van der Waals surface area contributed by atoms with Crippen molar-refractivity contribution < 1.29 is 0 Å². The van der Waals surface area contributed by atoms with Crippen LogP contribution in [0.25, 0.3) is 6.08 Å². The zero-order valence-electron chi connectivity index (χ0n) is 14.3. The van der Waals surface area contributed by atoms with Gasteiger partial charge >= 0.3 is 0 Å². The molecular formula is C22H25BrS. The Bertz CT molecular complexity index is 653. The molecule has 24 heavy (non-hydrogen) atoms. The second-order valence-electron chi connectivity index (χ2n) is 6.11. The first kappa shape index (κ1) is 19.1. The van der Waals surface area contributed by atoms with Crippen molar-refractivity contribution in [3.8, 4) is 0 Å². The van der Waals surface area contributed by atoms with E-state index in [2.05, 4.69) is 65.3 Å². The van der Waals surface area contributed by atoms with Gasteiger partial charge in [-0.2, -0.15) is 0 Å². The Morgan fingerprint density at radius 2 is 1.58 bits per heavy atom. The van der Waals surface area contributed by atoms with E-state index in [9.17, 15) is 0 Å². The average Bonchev–Trinajstić information content (AvgIpc) is 2.61. The lowest BCUT2D eigenvalue weighted by Gasteiger charge is -2.04. The lowest BCUT2D eigenvalue weighted by atomic mass is 10.0. The molecule has 0 nitrogen and oxygen atoms in total. The number of hydrogen-bond donors (Lipinski definition) is 0. The zero-order valence-corrected chi connectivity index (χ0v) is 16.7. The number of unbranched alkanes of at least 4 members (excludes halogenated alkanes) is 4. The molecule has 0 fully saturated rings. The van der Waals surface area contributed by atoms with E-state index in [0.29, 0.717) is 0 Å². The predicted octanol–water partition coefficient (Wildman–Crippen LogP) is 7.39. The molecule has 0 aliphatic heterocycles. The molecule has 0 saturated carbocycles. The lowest BCUT2D eigenvalue weighted by Crippen LogP contribution is -1.93. The largest absolute Gasteiger partial charge is 0.0795 e. The normalized spacial score (nSPS) is 11.1. The molecule has 2 aromatic carbocycles. The molecule has 0 aliphatic carbocycles. The third kappa shape index (κ3) is 6.70.